The van der Waals surface area contributed by atoms with Crippen LogP contribution in [0, 0.1) is 5.92 Å². The third kappa shape index (κ3) is 2.99. The minimum atomic E-state index is -0.0484. The minimum absolute atomic E-state index is 0.0125. The van der Waals surface area contributed by atoms with Crippen LogP contribution in [0.15, 0.2) is 12.4 Å². The highest BCUT2D eigenvalue weighted by atomic mass is 16.2. The smallest absolute Gasteiger partial charge is 0.246 e. The molecule has 2 fully saturated rings. The fourth-order valence-electron chi connectivity index (χ4n) is 3.39. The predicted molar refractivity (Wildman–Crippen MR) is 82.1 cm³/mol. The molecule has 1 aromatic heterocycles. The number of piperazine rings is 1. The van der Waals surface area contributed by atoms with Crippen molar-refractivity contribution in [3.63, 3.8) is 0 Å². The van der Waals surface area contributed by atoms with Crippen molar-refractivity contribution in [1.82, 2.24) is 14.7 Å². The molecule has 2 aliphatic rings. The van der Waals surface area contributed by atoms with E-state index < -0.39 is 0 Å². The number of nitrogens with zero attached hydrogens (tertiary/aromatic N) is 4. The zero-order valence-corrected chi connectivity index (χ0v) is 12.9. The Kier molecular flexibility index (Phi) is 4.15. The molecule has 0 bridgehead atoms. The normalized spacial score (nSPS) is 26.4. The number of nitrogens with two attached hydrogens (primary N) is 1. The summed E-state index contributed by atoms with van der Waals surface area (Å²) in [6.07, 6.45) is 7.13. The van der Waals surface area contributed by atoms with Crippen LogP contribution in [0.4, 0.5) is 5.69 Å². The second kappa shape index (κ2) is 6.08. The number of aromatic nitrogens is 2. The summed E-state index contributed by atoms with van der Waals surface area (Å²) in [5.74, 6) is 0.0311. The van der Waals surface area contributed by atoms with E-state index in [9.17, 15) is 9.59 Å². The molecule has 7 heteroatoms. The van der Waals surface area contributed by atoms with Crippen molar-refractivity contribution in [1.29, 1.82) is 0 Å². The number of amides is 2. The molecular formula is C15H23N5O2. The Balaban J connectivity index is 1.62. The molecule has 0 aromatic carbocycles. The number of hydrogen-bond acceptors (Lipinski definition) is 4. The van der Waals surface area contributed by atoms with Crippen LogP contribution < -0.4 is 10.6 Å². The van der Waals surface area contributed by atoms with E-state index in [-0.39, 0.29) is 30.3 Å². The van der Waals surface area contributed by atoms with Crippen LogP contribution in [0.1, 0.15) is 25.7 Å². The zero-order chi connectivity index (χ0) is 15.7. The summed E-state index contributed by atoms with van der Waals surface area (Å²) in [5.41, 5.74) is 6.76. The van der Waals surface area contributed by atoms with Gasteiger partial charge in [-0.15, -0.1) is 0 Å². The van der Waals surface area contributed by atoms with E-state index in [0.29, 0.717) is 13.1 Å². The lowest BCUT2D eigenvalue weighted by molar-refractivity contribution is -0.141. The Morgan fingerprint density at radius 2 is 2.18 bits per heavy atom. The van der Waals surface area contributed by atoms with E-state index in [1.807, 2.05) is 13.2 Å². The number of carbonyl (C=O) groups is 2. The SMILES string of the molecule is Cn1cc(N2CCN(C(=O)[C@H]3CCC[C@@H](N)C3)CC2=O)cn1. The molecule has 1 aliphatic heterocycles. The van der Waals surface area contributed by atoms with Gasteiger partial charge in [0.15, 0.2) is 0 Å². The summed E-state index contributed by atoms with van der Waals surface area (Å²) in [5, 5.41) is 4.09. The van der Waals surface area contributed by atoms with E-state index in [2.05, 4.69) is 5.10 Å². The Morgan fingerprint density at radius 3 is 2.82 bits per heavy atom. The molecule has 3 rings (SSSR count). The summed E-state index contributed by atoms with van der Waals surface area (Å²) >= 11 is 0. The van der Waals surface area contributed by atoms with Crippen molar-refractivity contribution < 1.29 is 9.59 Å². The fraction of sp³-hybridized carbons (Fsp3) is 0.667. The summed E-state index contributed by atoms with van der Waals surface area (Å²) in [6, 6.07) is 0.120. The van der Waals surface area contributed by atoms with E-state index in [0.717, 1.165) is 31.4 Å². The fourth-order valence-corrected chi connectivity index (χ4v) is 3.39. The van der Waals surface area contributed by atoms with Crippen molar-refractivity contribution in [2.45, 2.75) is 31.7 Å². The number of carbonyl (C=O) groups excluding carboxylic acids is 2. The third-order valence-electron chi connectivity index (χ3n) is 4.60. The van der Waals surface area contributed by atoms with E-state index in [4.69, 9.17) is 5.73 Å². The van der Waals surface area contributed by atoms with Crippen LogP contribution in [0.25, 0.3) is 0 Å². The second-order valence-electron chi connectivity index (χ2n) is 6.30. The highest BCUT2D eigenvalue weighted by Gasteiger charge is 2.33. The third-order valence-corrected chi connectivity index (χ3v) is 4.60. The monoisotopic (exact) mass is 305 g/mol. The maximum atomic E-state index is 12.6. The quantitative estimate of drug-likeness (QED) is 0.840. The van der Waals surface area contributed by atoms with E-state index in [1.165, 1.54) is 0 Å². The molecule has 22 heavy (non-hydrogen) atoms. The first-order valence-corrected chi connectivity index (χ1v) is 7.88. The molecule has 0 spiro atoms. The first kappa shape index (κ1) is 15.0. The molecule has 7 nitrogen and oxygen atoms in total. The molecule has 120 valence electrons. The summed E-state index contributed by atoms with van der Waals surface area (Å²) in [4.78, 5) is 28.3. The Labute approximate surface area is 130 Å². The van der Waals surface area contributed by atoms with E-state index in [1.54, 1.807) is 20.7 Å². The Bertz CT molecular complexity index is 570. The van der Waals surface area contributed by atoms with Crippen molar-refractivity contribution in [3.05, 3.63) is 12.4 Å². The Hall–Kier alpha value is -1.89. The molecule has 1 aliphatic carbocycles. The van der Waals surface area contributed by atoms with Gasteiger partial charge in [0, 0.05) is 38.3 Å². The van der Waals surface area contributed by atoms with Crippen LogP contribution in [-0.4, -0.2) is 52.2 Å². The lowest BCUT2D eigenvalue weighted by Crippen LogP contribution is -2.54. The first-order valence-electron chi connectivity index (χ1n) is 7.88. The molecule has 1 saturated heterocycles. The van der Waals surface area contributed by atoms with Crippen molar-refractivity contribution in [2.75, 3.05) is 24.5 Å². The number of hydrogen-bond donors (Lipinski definition) is 1. The molecule has 1 saturated carbocycles. The van der Waals surface area contributed by atoms with Gasteiger partial charge in [0.1, 0.15) is 6.54 Å². The maximum Gasteiger partial charge on any atom is 0.246 e. The van der Waals surface area contributed by atoms with Gasteiger partial charge in [-0.2, -0.15) is 5.10 Å². The molecule has 0 radical (unpaired) electrons. The zero-order valence-electron chi connectivity index (χ0n) is 12.9. The molecule has 2 amide bonds. The lowest BCUT2D eigenvalue weighted by atomic mass is 9.85. The van der Waals surface area contributed by atoms with Gasteiger partial charge in [0.2, 0.25) is 11.8 Å². The number of rotatable bonds is 2. The van der Waals surface area contributed by atoms with E-state index >= 15 is 0 Å². The standard InChI is InChI=1S/C15H23N5O2/c1-18-9-13(8-17-18)20-6-5-19(10-14(20)21)15(22)11-3-2-4-12(16)7-11/h8-9,11-12H,2-7,10,16H2,1H3/t11-,12+/m0/s1. The maximum absolute atomic E-state index is 12.6. The first-order chi connectivity index (χ1) is 10.5. The van der Waals surface area contributed by atoms with Crippen molar-refractivity contribution in [3.8, 4) is 0 Å². The summed E-state index contributed by atoms with van der Waals surface area (Å²) in [6.45, 7) is 1.25. The van der Waals surface area contributed by atoms with Gasteiger partial charge in [-0.05, 0) is 19.3 Å². The van der Waals surface area contributed by atoms with Gasteiger partial charge >= 0.3 is 0 Å². The molecule has 1 aromatic rings. The van der Waals surface area contributed by atoms with Gasteiger partial charge in [-0.3, -0.25) is 14.3 Å². The van der Waals surface area contributed by atoms with Gasteiger partial charge in [-0.1, -0.05) is 6.42 Å². The average Bonchev–Trinajstić information content (AvgIpc) is 2.92. The van der Waals surface area contributed by atoms with Gasteiger partial charge in [0.05, 0.1) is 11.9 Å². The lowest BCUT2D eigenvalue weighted by Gasteiger charge is -2.36. The Morgan fingerprint density at radius 1 is 1.36 bits per heavy atom. The second-order valence-corrected chi connectivity index (χ2v) is 6.30. The van der Waals surface area contributed by atoms with Crippen LogP contribution in [-0.2, 0) is 16.6 Å². The molecule has 2 N–H and O–H groups in total. The summed E-state index contributed by atoms with van der Waals surface area (Å²) < 4.78 is 1.67. The topological polar surface area (TPSA) is 84.5 Å². The number of aryl methyl sites for hydroxylation is 1. The van der Waals surface area contributed by atoms with Gasteiger partial charge in [0.25, 0.3) is 0 Å². The predicted octanol–water partition coefficient (Wildman–Crippen LogP) is 0.113. The van der Waals surface area contributed by atoms with Crippen molar-refractivity contribution >= 4 is 17.5 Å². The highest BCUT2D eigenvalue weighted by Crippen LogP contribution is 2.26. The van der Waals surface area contributed by atoms with Crippen LogP contribution >= 0.6 is 0 Å². The molecule has 2 atom stereocenters. The largest absolute Gasteiger partial charge is 0.331 e. The molecule has 0 unspecified atom stereocenters. The van der Waals surface area contributed by atoms with Gasteiger partial charge < -0.3 is 15.5 Å². The van der Waals surface area contributed by atoms with Crippen LogP contribution in [0.5, 0.6) is 0 Å². The molecule has 2 heterocycles. The number of anilines is 1. The van der Waals surface area contributed by atoms with Gasteiger partial charge in [-0.25, -0.2) is 0 Å². The average molecular weight is 305 g/mol. The van der Waals surface area contributed by atoms with Crippen LogP contribution in [0.2, 0.25) is 0 Å². The highest BCUT2D eigenvalue weighted by molar-refractivity contribution is 5.98. The molecular weight excluding hydrogens is 282 g/mol. The summed E-state index contributed by atoms with van der Waals surface area (Å²) in [7, 11) is 1.82. The van der Waals surface area contributed by atoms with Crippen LogP contribution in [0.3, 0.4) is 0 Å². The minimum Gasteiger partial charge on any atom is -0.331 e. The van der Waals surface area contributed by atoms with Crippen molar-refractivity contribution in [2.24, 2.45) is 18.7 Å².